The van der Waals surface area contributed by atoms with Crippen molar-refractivity contribution in [2.75, 3.05) is 0 Å². The van der Waals surface area contributed by atoms with Crippen molar-refractivity contribution >= 4 is 45.8 Å². The van der Waals surface area contributed by atoms with Crippen LogP contribution < -0.4 is 5.73 Å². The summed E-state index contributed by atoms with van der Waals surface area (Å²) >= 11 is 14.4. The van der Waals surface area contributed by atoms with E-state index in [4.69, 9.17) is 28.9 Å². The van der Waals surface area contributed by atoms with Gasteiger partial charge in [0.15, 0.2) is 0 Å². The van der Waals surface area contributed by atoms with Crippen LogP contribution in [0.25, 0.3) is 0 Å². The average molecular weight is 378 g/mol. The topological polar surface area (TPSA) is 26.0 Å². The van der Waals surface area contributed by atoms with E-state index in [2.05, 4.69) is 22.6 Å². The van der Waals surface area contributed by atoms with E-state index in [1.54, 1.807) is 6.07 Å². The molecule has 1 atom stereocenters. The molecule has 17 heavy (non-hydrogen) atoms. The third kappa shape index (κ3) is 2.76. The van der Waals surface area contributed by atoms with Crippen LogP contribution in [-0.4, -0.2) is 0 Å². The molecule has 88 valence electrons. The Morgan fingerprint density at radius 3 is 2.29 bits per heavy atom. The maximum Gasteiger partial charge on any atom is 0.0643 e. The molecule has 0 aliphatic heterocycles. The molecule has 0 bridgehead atoms. The van der Waals surface area contributed by atoms with Gasteiger partial charge in [0.05, 0.1) is 16.1 Å². The zero-order valence-electron chi connectivity index (χ0n) is 8.83. The molecule has 0 fully saturated rings. The Balaban J connectivity index is 2.48. The standard InChI is InChI=1S/C13H10Cl2IN/c14-10-6-3-5-9(12(10)15)13(17)8-4-1-2-7-11(8)16/h1-7,13H,17H2. The molecule has 1 nitrogen and oxygen atoms in total. The van der Waals surface area contributed by atoms with Gasteiger partial charge in [-0.3, -0.25) is 0 Å². The Morgan fingerprint density at radius 2 is 1.59 bits per heavy atom. The predicted molar refractivity (Wildman–Crippen MR) is 81.7 cm³/mol. The number of benzene rings is 2. The Bertz CT molecular complexity index is 543. The lowest BCUT2D eigenvalue weighted by molar-refractivity contribution is 0.865. The van der Waals surface area contributed by atoms with Crippen LogP contribution in [-0.2, 0) is 0 Å². The fourth-order valence-corrected chi connectivity index (χ4v) is 2.80. The fraction of sp³-hybridized carbons (Fsp3) is 0.0769. The second-order valence-electron chi connectivity index (χ2n) is 3.64. The summed E-state index contributed by atoms with van der Waals surface area (Å²) in [5, 5.41) is 1.06. The molecule has 0 saturated heterocycles. The highest BCUT2D eigenvalue weighted by Crippen LogP contribution is 2.33. The van der Waals surface area contributed by atoms with Gasteiger partial charge in [0, 0.05) is 3.57 Å². The van der Waals surface area contributed by atoms with E-state index in [9.17, 15) is 0 Å². The first-order valence-corrected chi connectivity index (χ1v) is 6.88. The van der Waals surface area contributed by atoms with Gasteiger partial charge in [0.2, 0.25) is 0 Å². The third-order valence-corrected chi connectivity index (χ3v) is 4.37. The molecule has 1 unspecified atom stereocenters. The van der Waals surface area contributed by atoms with E-state index >= 15 is 0 Å². The zero-order valence-corrected chi connectivity index (χ0v) is 12.5. The van der Waals surface area contributed by atoms with Gasteiger partial charge in [-0.2, -0.15) is 0 Å². The lowest BCUT2D eigenvalue weighted by Gasteiger charge is -2.16. The molecular formula is C13H10Cl2IN. The summed E-state index contributed by atoms with van der Waals surface area (Å²) in [4.78, 5) is 0. The highest BCUT2D eigenvalue weighted by Gasteiger charge is 2.15. The van der Waals surface area contributed by atoms with Crippen molar-refractivity contribution in [3.8, 4) is 0 Å². The van der Waals surface area contributed by atoms with Crippen molar-refractivity contribution in [3.63, 3.8) is 0 Å². The predicted octanol–water partition coefficient (Wildman–Crippen LogP) is 4.65. The highest BCUT2D eigenvalue weighted by molar-refractivity contribution is 14.1. The SMILES string of the molecule is NC(c1ccccc1I)c1cccc(Cl)c1Cl. The van der Waals surface area contributed by atoms with Crippen molar-refractivity contribution < 1.29 is 0 Å². The normalized spacial score (nSPS) is 12.5. The first-order chi connectivity index (χ1) is 8.11. The molecule has 0 amide bonds. The highest BCUT2D eigenvalue weighted by atomic mass is 127. The summed E-state index contributed by atoms with van der Waals surface area (Å²) in [6, 6.07) is 13.2. The summed E-state index contributed by atoms with van der Waals surface area (Å²) < 4.78 is 1.12. The van der Waals surface area contributed by atoms with Crippen LogP contribution in [0, 0.1) is 3.57 Å². The van der Waals surface area contributed by atoms with Crippen LogP contribution in [0.4, 0.5) is 0 Å². The molecule has 4 heteroatoms. The van der Waals surface area contributed by atoms with Crippen LogP contribution in [0.3, 0.4) is 0 Å². The van der Waals surface area contributed by atoms with Crippen LogP contribution in [0.2, 0.25) is 10.0 Å². The maximum atomic E-state index is 6.24. The average Bonchev–Trinajstić information content (AvgIpc) is 2.32. The van der Waals surface area contributed by atoms with Gasteiger partial charge in [-0.15, -0.1) is 0 Å². The third-order valence-electron chi connectivity index (χ3n) is 2.56. The van der Waals surface area contributed by atoms with E-state index in [0.717, 1.165) is 14.7 Å². The molecular weight excluding hydrogens is 368 g/mol. The first-order valence-electron chi connectivity index (χ1n) is 5.05. The van der Waals surface area contributed by atoms with Gasteiger partial charge in [0.1, 0.15) is 0 Å². The van der Waals surface area contributed by atoms with E-state index in [0.29, 0.717) is 10.0 Å². The lowest BCUT2D eigenvalue weighted by Crippen LogP contribution is -2.13. The molecule has 0 heterocycles. The van der Waals surface area contributed by atoms with Crippen LogP contribution >= 0.6 is 45.8 Å². The summed E-state index contributed by atoms with van der Waals surface area (Å²) in [5.41, 5.74) is 8.14. The zero-order chi connectivity index (χ0) is 12.4. The van der Waals surface area contributed by atoms with Gasteiger partial charge in [-0.05, 0) is 45.9 Å². The minimum atomic E-state index is -0.255. The fourth-order valence-electron chi connectivity index (χ4n) is 1.66. The second-order valence-corrected chi connectivity index (χ2v) is 5.59. The number of halogens is 3. The smallest absolute Gasteiger partial charge is 0.0643 e. The molecule has 0 radical (unpaired) electrons. The van der Waals surface area contributed by atoms with E-state index < -0.39 is 0 Å². The van der Waals surface area contributed by atoms with Crippen molar-refractivity contribution in [3.05, 3.63) is 67.2 Å². The second kappa shape index (κ2) is 5.57. The molecule has 2 aromatic carbocycles. The summed E-state index contributed by atoms with van der Waals surface area (Å²) in [6.07, 6.45) is 0. The van der Waals surface area contributed by atoms with Gasteiger partial charge in [-0.1, -0.05) is 53.5 Å². The molecule has 0 aromatic heterocycles. The maximum absolute atomic E-state index is 6.24. The lowest BCUT2D eigenvalue weighted by atomic mass is 10.00. The Morgan fingerprint density at radius 1 is 0.941 bits per heavy atom. The number of hydrogen-bond donors (Lipinski definition) is 1. The van der Waals surface area contributed by atoms with Crippen molar-refractivity contribution in [2.45, 2.75) is 6.04 Å². The van der Waals surface area contributed by atoms with Gasteiger partial charge < -0.3 is 5.73 Å². The van der Waals surface area contributed by atoms with Gasteiger partial charge in [0.25, 0.3) is 0 Å². The minimum Gasteiger partial charge on any atom is -0.320 e. The molecule has 0 aliphatic carbocycles. The summed E-state index contributed by atoms with van der Waals surface area (Å²) in [6.45, 7) is 0. The Hall–Kier alpha value is -0.290. The quantitative estimate of drug-likeness (QED) is 0.757. The molecule has 2 rings (SSSR count). The number of rotatable bonds is 2. The van der Waals surface area contributed by atoms with E-state index in [1.807, 2.05) is 36.4 Å². The Labute approximate surface area is 124 Å². The summed E-state index contributed by atoms with van der Waals surface area (Å²) in [7, 11) is 0. The van der Waals surface area contributed by atoms with Crippen LogP contribution in [0.15, 0.2) is 42.5 Å². The Kier molecular flexibility index (Phi) is 4.31. The molecule has 2 N–H and O–H groups in total. The van der Waals surface area contributed by atoms with Gasteiger partial charge >= 0.3 is 0 Å². The molecule has 0 saturated carbocycles. The number of hydrogen-bond acceptors (Lipinski definition) is 1. The molecule has 0 spiro atoms. The van der Waals surface area contributed by atoms with Crippen molar-refractivity contribution in [1.29, 1.82) is 0 Å². The van der Waals surface area contributed by atoms with Crippen LogP contribution in [0.1, 0.15) is 17.2 Å². The van der Waals surface area contributed by atoms with Gasteiger partial charge in [-0.25, -0.2) is 0 Å². The first kappa shape index (κ1) is 13.1. The largest absolute Gasteiger partial charge is 0.320 e. The summed E-state index contributed by atoms with van der Waals surface area (Å²) in [5.74, 6) is 0. The van der Waals surface area contributed by atoms with Crippen molar-refractivity contribution in [1.82, 2.24) is 0 Å². The van der Waals surface area contributed by atoms with E-state index in [-0.39, 0.29) is 6.04 Å². The van der Waals surface area contributed by atoms with Crippen LogP contribution in [0.5, 0.6) is 0 Å². The molecule has 2 aromatic rings. The molecule has 0 aliphatic rings. The monoisotopic (exact) mass is 377 g/mol. The minimum absolute atomic E-state index is 0.255. The number of nitrogens with two attached hydrogens (primary N) is 1. The van der Waals surface area contributed by atoms with Crippen molar-refractivity contribution in [2.24, 2.45) is 5.73 Å². The van der Waals surface area contributed by atoms with E-state index in [1.165, 1.54) is 0 Å².